The Morgan fingerprint density at radius 3 is 2.76 bits per heavy atom. The molecular weight excluding hydrogens is 212 g/mol. The Labute approximate surface area is 103 Å². The van der Waals surface area contributed by atoms with Gasteiger partial charge in [-0.15, -0.1) is 0 Å². The monoisotopic (exact) mass is 232 g/mol. The number of carbonyl (C=O) groups is 1. The third-order valence-corrected chi connectivity index (χ3v) is 3.31. The van der Waals surface area contributed by atoms with E-state index in [0.29, 0.717) is 6.54 Å². The minimum atomic E-state index is 0.0692. The van der Waals surface area contributed by atoms with Gasteiger partial charge in [0, 0.05) is 19.1 Å². The van der Waals surface area contributed by atoms with Gasteiger partial charge in [0.1, 0.15) is 0 Å². The summed E-state index contributed by atoms with van der Waals surface area (Å²) in [6, 6.07) is 8.39. The summed E-state index contributed by atoms with van der Waals surface area (Å²) < 4.78 is 0. The molecule has 1 aromatic carbocycles. The predicted molar refractivity (Wildman–Crippen MR) is 68.4 cm³/mol. The average molecular weight is 232 g/mol. The van der Waals surface area contributed by atoms with Crippen LogP contribution in [0.1, 0.15) is 24.5 Å². The molecule has 0 aromatic heterocycles. The first kappa shape index (κ1) is 12.1. The molecule has 3 nitrogen and oxygen atoms in total. The van der Waals surface area contributed by atoms with Crippen LogP contribution in [-0.4, -0.2) is 23.4 Å². The minimum Gasteiger partial charge on any atom is -0.338 e. The summed E-state index contributed by atoms with van der Waals surface area (Å²) in [7, 11) is 0. The standard InChI is InChI=1S/C14H20N2O/c1-3-16(14(17)12-8-13(12)15)9-11-6-4-5-10(2)7-11/h4-7,12-13H,3,8-9,15H2,1-2H3. The van der Waals surface area contributed by atoms with Crippen molar-refractivity contribution in [2.24, 2.45) is 11.7 Å². The zero-order chi connectivity index (χ0) is 12.4. The van der Waals surface area contributed by atoms with E-state index in [2.05, 4.69) is 25.1 Å². The Kier molecular flexibility index (Phi) is 3.48. The predicted octanol–water partition coefficient (Wildman–Crippen LogP) is 1.69. The fraction of sp³-hybridized carbons (Fsp3) is 0.500. The van der Waals surface area contributed by atoms with Gasteiger partial charge in [-0.2, -0.15) is 0 Å². The van der Waals surface area contributed by atoms with Gasteiger partial charge >= 0.3 is 0 Å². The molecule has 1 saturated carbocycles. The largest absolute Gasteiger partial charge is 0.338 e. The highest BCUT2D eigenvalue weighted by Gasteiger charge is 2.41. The summed E-state index contributed by atoms with van der Waals surface area (Å²) in [6.45, 7) is 5.52. The molecule has 2 unspecified atom stereocenters. The van der Waals surface area contributed by atoms with Gasteiger partial charge in [-0.05, 0) is 25.8 Å². The van der Waals surface area contributed by atoms with Gasteiger partial charge in [0.25, 0.3) is 0 Å². The molecule has 0 bridgehead atoms. The number of nitrogens with zero attached hydrogens (tertiary/aromatic N) is 1. The Morgan fingerprint density at radius 1 is 1.53 bits per heavy atom. The first-order valence-electron chi connectivity index (χ1n) is 6.21. The lowest BCUT2D eigenvalue weighted by Crippen LogP contribution is -2.33. The van der Waals surface area contributed by atoms with E-state index in [1.54, 1.807) is 0 Å². The lowest BCUT2D eigenvalue weighted by atomic mass is 10.1. The number of rotatable bonds is 4. The molecule has 1 aliphatic rings. The van der Waals surface area contributed by atoms with Crippen molar-refractivity contribution in [3.8, 4) is 0 Å². The molecule has 1 aromatic rings. The topological polar surface area (TPSA) is 46.3 Å². The van der Waals surface area contributed by atoms with E-state index in [-0.39, 0.29) is 17.9 Å². The summed E-state index contributed by atoms with van der Waals surface area (Å²) in [5.74, 6) is 0.279. The van der Waals surface area contributed by atoms with Crippen molar-refractivity contribution in [1.82, 2.24) is 4.90 Å². The van der Waals surface area contributed by atoms with E-state index in [0.717, 1.165) is 13.0 Å². The molecule has 0 saturated heterocycles. The van der Waals surface area contributed by atoms with Gasteiger partial charge in [0.2, 0.25) is 5.91 Å². The zero-order valence-electron chi connectivity index (χ0n) is 10.5. The van der Waals surface area contributed by atoms with Crippen molar-refractivity contribution in [2.45, 2.75) is 32.9 Å². The SMILES string of the molecule is CCN(Cc1cccc(C)c1)C(=O)C1CC1N. The van der Waals surface area contributed by atoms with Crippen LogP contribution in [0, 0.1) is 12.8 Å². The normalized spacial score (nSPS) is 22.3. The summed E-state index contributed by atoms with van der Waals surface area (Å²) >= 11 is 0. The highest BCUT2D eigenvalue weighted by molar-refractivity contribution is 5.82. The maximum atomic E-state index is 12.1. The fourth-order valence-corrected chi connectivity index (χ4v) is 2.11. The fourth-order valence-electron chi connectivity index (χ4n) is 2.11. The van der Waals surface area contributed by atoms with Gasteiger partial charge in [-0.3, -0.25) is 4.79 Å². The third kappa shape index (κ3) is 2.86. The first-order chi connectivity index (χ1) is 8.11. The summed E-state index contributed by atoms with van der Waals surface area (Å²) in [5.41, 5.74) is 8.15. The van der Waals surface area contributed by atoms with E-state index >= 15 is 0 Å². The van der Waals surface area contributed by atoms with Crippen LogP contribution in [0.5, 0.6) is 0 Å². The van der Waals surface area contributed by atoms with Crippen LogP contribution < -0.4 is 5.73 Å². The van der Waals surface area contributed by atoms with Gasteiger partial charge in [0.15, 0.2) is 0 Å². The molecule has 2 atom stereocenters. The molecule has 1 amide bonds. The minimum absolute atomic E-state index is 0.0692. The lowest BCUT2D eigenvalue weighted by Gasteiger charge is -2.21. The van der Waals surface area contributed by atoms with Crippen LogP contribution in [0.3, 0.4) is 0 Å². The number of amides is 1. The number of carbonyl (C=O) groups excluding carboxylic acids is 1. The number of aryl methyl sites for hydroxylation is 1. The number of benzene rings is 1. The Bertz CT molecular complexity index is 416. The Morgan fingerprint density at radius 2 is 2.24 bits per heavy atom. The summed E-state index contributed by atoms with van der Waals surface area (Å²) in [4.78, 5) is 14.0. The van der Waals surface area contributed by atoms with Gasteiger partial charge in [-0.25, -0.2) is 0 Å². The second-order valence-corrected chi connectivity index (χ2v) is 4.85. The van der Waals surface area contributed by atoms with E-state index in [4.69, 9.17) is 5.73 Å². The van der Waals surface area contributed by atoms with Crippen LogP contribution in [0.15, 0.2) is 24.3 Å². The Hall–Kier alpha value is -1.35. The van der Waals surface area contributed by atoms with Crippen molar-refractivity contribution in [3.05, 3.63) is 35.4 Å². The molecule has 3 heteroatoms. The van der Waals surface area contributed by atoms with Crippen LogP contribution in [0.4, 0.5) is 0 Å². The summed E-state index contributed by atoms with van der Waals surface area (Å²) in [5, 5.41) is 0. The van der Waals surface area contributed by atoms with E-state index < -0.39 is 0 Å². The van der Waals surface area contributed by atoms with Crippen LogP contribution >= 0.6 is 0 Å². The van der Waals surface area contributed by atoms with Gasteiger partial charge in [-0.1, -0.05) is 29.8 Å². The molecule has 0 spiro atoms. The second-order valence-electron chi connectivity index (χ2n) is 4.85. The molecule has 17 heavy (non-hydrogen) atoms. The maximum Gasteiger partial charge on any atom is 0.227 e. The smallest absolute Gasteiger partial charge is 0.227 e. The molecule has 0 radical (unpaired) electrons. The molecule has 2 rings (SSSR count). The third-order valence-electron chi connectivity index (χ3n) is 3.31. The van der Waals surface area contributed by atoms with Crippen molar-refractivity contribution < 1.29 is 4.79 Å². The number of hydrogen-bond donors (Lipinski definition) is 1. The first-order valence-corrected chi connectivity index (χ1v) is 6.21. The molecule has 1 aliphatic carbocycles. The lowest BCUT2D eigenvalue weighted by molar-refractivity contribution is -0.133. The molecule has 92 valence electrons. The van der Waals surface area contributed by atoms with Gasteiger partial charge in [0.05, 0.1) is 5.92 Å². The van der Waals surface area contributed by atoms with Crippen LogP contribution in [-0.2, 0) is 11.3 Å². The number of hydrogen-bond acceptors (Lipinski definition) is 2. The molecule has 0 aliphatic heterocycles. The van der Waals surface area contributed by atoms with Crippen molar-refractivity contribution in [1.29, 1.82) is 0 Å². The van der Waals surface area contributed by atoms with E-state index in [1.807, 2.05) is 17.9 Å². The van der Waals surface area contributed by atoms with Crippen LogP contribution in [0.25, 0.3) is 0 Å². The number of nitrogens with two attached hydrogens (primary N) is 1. The van der Waals surface area contributed by atoms with E-state index in [1.165, 1.54) is 11.1 Å². The summed E-state index contributed by atoms with van der Waals surface area (Å²) in [6.07, 6.45) is 0.850. The van der Waals surface area contributed by atoms with Crippen molar-refractivity contribution in [2.75, 3.05) is 6.54 Å². The van der Waals surface area contributed by atoms with Gasteiger partial charge < -0.3 is 10.6 Å². The maximum absolute atomic E-state index is 12.1. The second kappa shape index (κ2) is 4.88. The highest BCUT2D eigenvalue weighted by atomic mass is 16.2. The molecule has 0 heterocycles. The van der Waals surface area contributed by atoms with Crippen molar-refractivity contribution >= 4 is 5.91 Å². The van der Waals surface area contributed by atoms with Crippen LogP contribution in [0.2, 0.25) is 0 Å². The van der Waals surface area contributed by atoms with Crippen molar-refractivity contribution in [3.63, 3.8) is 0 Å². The Balaban J connectivity index is 2.02. The van der Waals surface area contributed by atoms with E-state index in [9.17, 15) is 4.79 Å². The molecule has 1 fully saturated rings. The molecular formula is C14H20N2O. The quantitative estimate of drug-likeness (QED) is 0.858. The highest BCUT2D eigenvalue weighted by Crippen LogP contribution is 2.30. The molecule has 2 N–H and O–H groups in total. The average Bonchev–Trinajstić information content (AvgIpc) is 3.02. The zero-order valence-corrected chi connectivity index (χ0v) is 10.5.